The van der Waals surface area contributed by atoms with E-state index in [1.165, 1.54) is 0 Å². The molecule has 2 fully saturated rings. The van der Waals surface area contributed by atoms with Gasteiger partial charge in [0.15, 0.2) is 0 Å². The van der Waals surface area contributed by atoms with Crippen molar-refractivity contribution in [2.45, 2.75) is 19.9 Å². The van der Waals surface area contributed by atoms with Crippen LogP contribution in [0.3, 0.4) is 0 Å². The average Bonchev–Trinajstić information content (AvgIpc) is 3.02. The number of likely N-dealkylation sites (N-methyl/N-ethyl adjacent to an activating group) is 1. The molecule has 2 heterocycles. The van der Waals surface area contributed by atoms with Crippen LogP contribution >= 0.6 is 0 Å². The zero-order chi connectivity index (χ0) is 17.8. The number of ether oxygens (including phenoxy) is 1. The van der Waals surface area contributed by atoms with Gasteiger partial charge in [-0.2, -0.15) is 0 Å². The van der Waals surface area contributed by atoms with Crippen LogP contribution in [0, 0.1) is 5.92 Å². The van der Waals surface area contributed by atoms with Crippen LogP contribution in [-0.2, 0) is 16.1 Å². The van der Waals surface area contributed by atoms with E-state index in [1.807, 2.05) is 29.2 Å². The first-order chi connectivity index (χ1) is 12.1. The van der Waals surface area contributed by atoms with Crippen molar-refractivity contribution in [2.24, 2.45) is 5.92 Å². The van der Waals surface area contributed by atoms with E-state index in [0.717, 1.165) is 44.0 Å². The molecule has 0 N–H and O–H groups in total. The lowest BCUT2D eigenvalue weighted by atomic mass is 10.1. The third-order valence-corrected chi connectivity index (χ3v) is 5.20. The number of methoxy groups -OCH3 is 1. The largest absolute Gasteiger partial charge is 0.497 e. The summed E-state index contributed by atoms with van der Waals surface area (Å²) in [5.41, 5.74) is 1.03. The van der Waals surface area contributed by atoms with E-state index in [0.29, 0.717) is 19.5 Å². The van der Waals surface area contributed by atoms with Crippen LogP contribution in [0.15, 0.2) is 24.3 Å². The van der Waals surface area contributed by atoms with Crippen molar-refractivity contribution in [3.05, 3.63) is 29.8 Å². The number of piperazine rings is 1. The Hall–Kier alpha value is -2.08. The molecular formula is C19H27N3O3. The lowest BCUT2D eigenvalue weighted by Crippen LogP contribution is -2.50. The van der Waals surface area contributed by atoms with Gasteiger partial charge in [-0.05, 0) is 24.2 Å². The van der Waals surface area contributed by atoms with Gasteiger partial charge in [0.2, 0.25) is 11.8 Å². The van der Waals surface area contributed by atoms with Gasteiger partial charge in [0.05, 0.1) is 13.0 Å². The molecule has 2 amide bonds. The zero-order valence-electron chi connectivity index (χ0n) is 15.1. The molecule has 6 heteroatoms. The van der Waals surface area contributed by atoms with Gasteiger partial charge in [-0.25, -0.2) is 0 Å². The lowest BCUT2D eigenvalue weighted by Gasteiger charge is -2.35. The molecule has 2 aliphatic heterocycles. The lowest BCUT2D eigenvalue weighted by molar-refractivity contribution is -0.137. The highest BCUT2D eigenvalue weighted by atomic mass is 16.5. The highest BCUT2D eigenvalue weighted by Crippen LogP contribution is 2.24. The molecule has 0 aliphatic carbocycles. The van der Waals surface area contributed by atoms with Crippen molar-refractivity contribution >= 4 is 11.8 Å². The van der Waals surface area contributed by atoms with E-state index < -0.39 is 0 Å². The number of hydrogen-bond donors (Lipinski definition) is 0. The number of carbonyl (C=O) groups is 2. The first-order valence-corrected chi connectivity index (χ1v) is 9.02. The van der Waals surface area contributed by atoms with Crippen LogP contribution in [0.25, 0.3) is 0 Å². The smallest absolute Gasteiger partial charge is 0.228 e. The minimum Gasteiger partial charge on any atom is -0.497 e. The number of hydrogen-bond acceptors (Lipinski definition) is 4. The summed E-state index contributed by atoms with van der Waals surface area (Å²) in [5, 5.41) is 0. The summed E-state index contributed by atoms with van der Waals surface area (Å²) in [6.07, 6.45) is 0.330. The normalized spacial score (nSPS) is 21.7. The van der Waals surface area contributed by atoms with Crippen molar-refractivity contribution in [3.63, 3.8) is 0 Å². The van der Waals surface area contributed by atoms with Gasteiger partial charge >= 0.3 is 0 Å². The highest BCUT2D eigenvalue weighted by Gasteiger charge is 2.37. The maximum atomic E-state index is 12.7. The van der Waals surface area contributed by atoms with Crippen LogP contribution < -0.4 is 4.74 Å². The molecule has 0 aromatic heterocycles. The third kappa shape index (κ3) is 4.12. The number of likely N-dealkylation sites (tertiary alicyclic amines) is 1. The van der Waals surface area contributed by atoms with Gasteiger partial charge in [-0.3, -0.25) is 9.59 Å². The molecule has 25 heavy (non-hydrogen) atoms. The molecule has 0 saturated carbocycles. The summed E-state index contributed by atoms with van der Waals surface area (Å²) in [6.45, 7) is 7.61. The monoisotopic (exact) mass is 345 g/mol. The molecule has 3 rings (SSSR count). The summed E-state index contributed by atoms with van der Waals surface area (Å²) < 4.78 is 5.23. The molecule has 1 aromatic rings. The summed E-state index contributed by atoms with van der Waals surface area (Å²) >= 11 is 0. The van der Waals surface area contributed by atoms with Gasteiger partial charge in [-0.15, -0.1) is 0 Å². The van der Waals surface area contributed by atoms with Crippen LogP contribution in [0.5, 0.6) is 5.75 Å². The molecule has 6 nitrogen and oxygen atoms in total. The molecule has 136 valence electrons. The fourth-order valence-electron chi connectivity index (χ4n) is 3.62. The SMILES string of the molecule is CCN1CCN(C(=O)[C@@H]2CC(=O)N(Cc3cccc(OC)c3)C2)CC1. The van der Waals surface area contributed by atoms with Gasteiger partial charge in [0.1, 0.15) is 5.75 Å². The van der Waals surface area contributed by atoms with Crippen molar-refractivity contribution in [2.75, 3.05) is 46.4 Å². The first kappa shape index (κ1) is 17.7. The molecule has 1 atom stereocenters. The third-order valence-electron chi connectivity index (χ3n) is 5.20. The molecule has 0 bridgehead atoms. The maximum absolute atomic E-state index is 12.7. The predicted molar refractivity (Wildman–Crippen MR) is 95.2 cm³/mol. The van der Waals surface area contributed by atoms with E-state index in [-0.39, 0.29) is 17.7 Å². The second-order valence-electron chi connectivity index (χ2n) is 6.79. The van der Waals surface area contributed by atoms with Gasteiger partial charge in [-0.1, -0.05) is 19.1 Å². The topological polar surface area (TPSA) is 53.1 Å². The van der Waals surface area contributed by atoms with Crippen LogP contribution in [-0.4, -0.2) is 72.9 Å². The van der Waals surface area contributed by atoms with E-state index in [4.69, 9.17) is 4.74 Å². The Labute approximate surface area is 149 Å². The first-order valence-electron chi connectivity index (χ1n) is 9.02. The van der Waals surface area contributed by atoms with Crippen molar-refractivity contribution in [1.29, 1.82) is 0 Å². The van der Waals surface area contributed by atoms with Gasteiger partial charge in [0, 0.05) is 45.7 Å². The molecule has 1 aromatic carbocycles. The van der Waals surface area contributed by atoms with E-state index in [2.05, 4.69) is 11.8 Å². The standard InChI is InChI=1S/C19H27N3O3/c1-3-20-7-9-21(10-8-20)19(24)16-12-18(23)22(14-16)13-15-5-4-6-17(11-15)25-2/h4-6,11,16H,3,7-10,12-14H2,1-2H3/t16-/m1/s1. The Bertz CT molecular complexity index is 626. The zero-order valence-corrected chi connectivity index (χ0v) is 15.1. The predicted octanol–water partition coefficient (Wildman–Crippen LogP) is 1.21. The number of nitrogens with zero attached hydrogens (tertiary/aromatic N) is 3. The van der Waals surface area contributed by atoms with Gasteiger partial charge in [0.25, 0.3) is 0 Å². The Balaban J connectivity index is 1.57. The fourth-order valence-corrected chi connectivity index (χ4v) is 3.62. The Kier molecular flexibility index (Phi) is 5.58. The fraction of sp³-hybridized carbons (Fsp3) is 0.579. The van der Waals surface area contributed by atoms with Crippen LogP contribution in [0.4, 0.5) is 0 Å². The highest BCUT2D eigenvalue weighted by molar-refractivity contribution is 5.89. The van der Waals surface area contributed by atoms with Crippen molar-refractivity contribution < 1.29 is 14.3 Å². The van der Waals surface area contributed by atoms with Crippen LogP contribution in [0.1, 0.15) is 18.9 Å². The number of benzene rings is 1. The molecule has 0 spiro atoms. The molecule has 2 aliphatic rings. The second kappa shape index (κ2) is 7.87. The minimum absolute atomic E-state index is 0.0633. The molecule has 0 radical (unpaired) electrons. The van der Waals surface area contributed by atoms with E-state index >= 15 is 0 Å². The summed E-state index contributed by atoms with van der Waals surface area (Å²) in [7, 11) is 1.63. The molecule has 0 unspecified atom stereocenters. The number of carbonyl (C=O) groups excluding carboxylic acids is 2. The maximum Gasteiger partial charge on any atom is 0.228 e. The van der Waals surface area contributed by atoms with Crippen molar-refractivity contribution in [3.8, 4) is 5.75 Å². The summed E-state index contributed by atoms with van der Waals surface area (Å²) in [6, 6.07) is 7.73. The average molecular weight is 345 g/mol. The van der Waals surface area contributed by atoms with E-state index in [1.54, 1.807) is 12.0 Å². The van der Waals surface area contributed by atoms with E-state index in [9.17, 15) is 9.59 Å². The summed E-state index contributed by atoms with van der Waals surface area (Å²) in [5.74, 6) is 0.780. The minimum atomic E-state index is -0.203. The molecule has 2 saturated heterocycles. The Morgan fingerprint density at radius 1 is 1.24 bits per heavy atom. The second-order valence-corrected chi connectivity index (χ2v) is 6.79. The van der Waals surface area contributed by atoms with Crippen molar-refractivity contribution in [1.82, 2.24) is 14.7 Å². The Morgan fingerprint density at radius 3 is 2.68 bits per heavy atom. The van der Waals surface area contributed by atoms with Crippen LogP contribution in [0.2, 0.25) is 0 Å². The summed E-state index contributed by atoms with van der Waals surface area (Å²) in [4.78, 5) is 31.2. The Morgan fingerprint density at radius 2 is 2.00 bits per heavy atom. The molecular weight excluding hydrogens is 318 g/mol. The number of rotatable bonds is 5. The quantitative estimate of drug-likeness (QED) is 0.805. The number of amides is 2. The van der Waals surface area contributed by atoms with Gasteiger partial charge < -0.3 is 19.4 Å².